The maximum absolute atomic E-state index is 14.0. The fourth-order valence-corrected chi connectivity index (χ4v) is 4.08. The average molecular weight is 472 g/mol. The van der Waals surface area contributed by atoms with Gasteiger partial charge in [0.2, 0.25) is 0 Å². The number of halogens is 3. The van der Waals surface area contributed by atoms with Crippen LogP contribution in [0.25, 0.3) is 33.9 Å². The van der Waals surface area contributed by atoms with Gasteiger partial charge in [-0.1, -0.05) is 78.9 Å². The third kappa shape index (κ3) is 4.48. The zero-order chi connectivity index (χ0) is 24.4. The van der Waals surface area contributed by atoms with Crippen LogP contribution < -0.4 is 10.4 Å². The van der Waals surface area contributed by atoms with Gasteiger partial charge in [-0.05, 0) is 36.4 Å². The number of hydrogen-bond acceptors (Lipinski definition) is 2. The van der Waals surface area contributed by atoms with Gasteiger partial charge < -0.3 is 4.74 Å². The van der Waals surface area contributed by atoms with Gasteiger partial charge in [-0.15, -0.1) is 13.2 Å². The Balaban J connectivity index is 1.82. The van der Waals surface area contributed by atoms with Crippen LogP contribution in [0.3, 0.4) is 0 Å². The predicted octanol–water partition coefficient (Wildman–Crippen LogP) is 6.86. The second-order valence-corrected chi connectivity index (χ2v) is 7.76. The lowest BCUT2D eigenvalue weighted by molar-refractivity contribution is -0.274. The Kier molecular flexibility index (Phi) is 5.74. The number of nitrogens with zero attached hydrogens (tertiary/aromatic N) is 2. The molecule has 0 aliphatic heterocycles. The summed E-state index contributed by atoms with van der Waals surface area (Å²) in [4.78, 5) is 14.0. The molecular formula is C28H19F3N2O2. The monoisotopic (exact) mass is 472 g/mol. The van der Waals surface area contributed by atoms with E-state index in [4.69, 9.17) is 0 Å². The minimum atomic E-state index is -4.80. The summed E-state index contributed by atoms with van der Waals surface area (Å²) in [5.74, 6) is -0.360. The molecule has 0 bridgehead atoms. The van der Waals surface area contributed by atoms with Crippen molar-refractivity contribution in [1.82, 2.24) is 9.13 Å². The predicted molar refractivity (Wildman–Crippen MR) is 129 cm³/mol. The van der Waals surface area contributed by atoms with Gasteiger partial charge in [-0.25, -0.2) is 4.79 Å². The van der Waals surface area contributed by atoms with Crippen molar-refractivity contribution in [3.05, 3.63) is 126 Å². The first kappa shape index (κ1) is 22.3. The van der Waals surface area contributed by atoms with Crippen LogP contribution in [0.5, 0.6) is 5.75 Å². The van der Waals surface area contributed by atoms with Gasteiger partial charge in [-0.3, -0.25) is 9.13 Å². The Morgan fingerprint density at radius 3 is 1.37 bits per heavy atom. The topological polar surface area (TPSA) is 36.2 Å². The molecule has 35 heavy (non-hydrogen) atoms. The van der Waals surface area contributed by atoms with Gasteiger partial charge in [0.15, 0.2) is 0 Å². The van der Waals surface area contributed by atoms with Crippen LogP contribution in [0.15, 0.2) is 120 Å². The molecule has 7 heteroatoms. The molecule has 0 saturated carbocycles. The molecule has 0 spiro atoms. The van der Waals surface area contributed by atoms with Gasteiger partial charge >= 0.3 is 12.1 Å². The van der Waals surface area contributed by atoms with Crippen LogP contribution in [0, 0.1) is 0 Å². The minimum Gasteiger partial charge on any atom is -0.406 e. The molecule has 0 aliphatic rings. The van der Waals surface area contributed by atoms with Gasteiger partial charge in [0, 0.05) is 11.1 Å². The molecule has 0 radical (unpaired) electrons. The summed E-state index contributed by atoms with van der Waals surface area (Å²) in [5, 5.41) is 0. The normalized spacial score (nSPS) is 11.4. The first-order chi connectivity index (χ1) is 16.9. The molecule has 0 N–H and O–H groups in total. The number of hydrogen-bond donors (Lipinski definition) is 0. The molecule has 174 valence electrons. The molecule has 5 rings (SSSR count). The van der Waals surface area contributed by atoms with E-state index in [1.54, 1.807) is 4.57 Å². The summed E-state index contributed by atoms with van der Waals surface area (Å²) < 4.78 is 45.1. The van der Waals surface area contributed by atoms with Crippen LogP contribution in [0.2, 0.25) is 0 Å². The lowest BCUT2D eigenvalue weighted by Gasteiger charge is -2.13. The third-order valence-corrected chi connectivity index (χ3v) is 5.49. The molecule has 1 heterocycles. The van der Waals surface area contributed by atoms with Crippen molar-refractivity contribution in [3.8, 4) is 39.6 Å². The smallest absolute Gasteiger partial charge is 0.406 e. The van der Waals surface area contributed by atoms with Crippen molar-refractivity contribution in [2.75, 3.05) is 0 Å². The summed E-state index contributed by atoms with van der Waals surface area (Å²) in [5.41, 5.74) is 3.63. The van der Waals surface area contributed by atoms with E-state index in [1.807, 2.05) is 91.0 Å². The Labute approximate surface area is 199 Å². The van der Waals surface area contributed by atoms with Crippen molar-refractivity contribution in [3.63, 3.8) is 0 Å². The Morgan fingerprint density at radius 1 is 0.543 bits per heavy atom. The van der Waals surface area contributed by atoms with Crippen LogP contribution in [-0.4, -0.2) is 15.5 Å². The molecular weight excluding hydrogens is 453 g/mol. The van der Waals surface area contributed by atoms with E-state index in [0.717, 1.165) is 11.1 Å². The molecule has 0 atom stereocenters. The van der Waals surface area contributed by atoms with E-state index in [1.165, 1.54) is 28.8 Å². The van der Waals surface area contributed by atoms with Crippen LogP contribution >= 0.6 is 0 Å². The fraction of sp³-hybridized carbons (Fsp3) is 0.0357. The molecule has 4 aromatic carbocycles. The maximum Gasteiger partial charge on any atom is 0.573 e. The molecule has 0 unspecified atom stereocenters. The largest absolute Gasteiger partial charge is 0.573 e. The SMILES string of the molecule is O=c1n(-c2ccccc2)c(-c2ccccc2)c(-c2ccccc2)n1-c1ccc(OC(F)(F)F)cc1. The van der Waals surface area contributed by atoms with E-state index >= 15 is 0 Å². The quantitative estimate of drug-likeness (QED) is 0.280. The summed E-state index contributed by atoms with van der Waals surface area (Å²) in [6, 6.07) is 33.5. The first-order valence-corrected chi connectivity index (χ1v) is 10.8. The molecule has 1 aromatic heterocycles. The number of rotatable bonds is 5. The van der Waals surface area contributed by atoms with E-state index in [-0.39, 0.29) is 11.4 Å². The van der Waals surface area contributed by atoms with E-state index in [0.29, 0.717) is 22.8 Å². The van der Waals surface area contributed by atoms with E-state index in [2.05, 4.69) is 4.74 Å². The molecule has 0 saturated heterocycles. The average Bonchev–Trinajstić information content (AvgIpc) is 3.18. The Bertz CT molecular complexity index is 1490. The summed E-state index contributed by atoms with van der Waals surface area (Å²) in [6.45, 7) is 0. The molecule has 0 fully saturated rings. The van der Waals surface area contributed by atoms with Crippen LogP contribution in [-0.2, 0) is 0 Å². The van der Waals surface area contributed by atoms with Gasteiger partial charge in [0.25, 0.3) is 0 Å². The number of alkyl halides is 3. The van der Waals surface area contributed by atoms with Crippen molar-refractivity contribution in [2.24, 2.45) is 0 Å². The minimum absolute atomic E-state index is 0.349. The fourth-order valence-electron chi connectivity index (χ4n) is 4.08. The third-order valence-electron chi connectivity index (χ3n) is 5.49. The number of benzene rings is 4. The second kappa shape index (κ2) is 9.02. The lowest BCUT2D eigenvalue weighted by Crippen LogP contribution is -2.23. The van der Waals surface area contributed by atoms with Gasteiger partial charge in [0.1, 0.15) is 5.75 Å². The Morgan fingerprint density at radius 2 is 0.943 bits per heavy atom. The van der Waals surface area contributed by atoms with Crippen molar-refractivity contribution in [1.29, 1.82) is 0 Å². The summed E-state index contributed by atoms with van der Waals surface area (Å²) in [7, 11) is 0. The second-order valence-electron chi connectivity index (χ2n) is 7.76. The first-order valence-electron chi connectivity index (χ1n) is 10.8. The van der Waals surface area contributed by atoms with Crippen LogP contribution in [0.4, 0.5) is 13.2 Å². The molecule has 0 amide bonds. The van der Waals surface area contributed by atoms with Crippen molar-refractivity contribution < 1.29 is 17.9 Å². The number of aromatic nitrogens is 2. The van der Waals surface area contributed by atoms with Crippen molar-refractivity contribution >= 4 is 0 Å². The van der Waals surface area contributed by atoms with Gasteiger partial charge in [0.05, 0.1) is 22.8 Å². The highest BCUT2D eigenvalue weighted by atomic mass is 19.4. The molecule has 5 aromatic rings. The summed E-state index contributed by atoms with van der Waals surface area (Å²) in [6.07, 6.45) is -4.80. The van der Waals surface area contributed by atoms with E-state index in [9.17, 15) is 18.0 Å². The number of ether oxygens (including phenoxy) is 1. The summed E-state index contributed by atoms with van der Waals surface area (Å²) >= 11 is 0. The zero-order valence-electron chi connectivity index (χ0n) is 18.3. The standard InChI is InChI=1S/C28H19F3N2O2/c29-28(30,31)35-24-18-16-23(17-19-24)33-26(21-12-6-2-7-13-21)25(20-10-4-1-5-11-20)32(27(33)34)22-14-8-3-9-15-22/h1-19H. The van der Waals surface area contributed by atoms with Gasteiger partial charge in [-0.2, -0.15) is 0 Å². The van der Waals surface area contributed by atoms with Crippen LogP contribution in [0.1, 0.15) is 0 Å². The van der Waals surface area contributed by atoms with Crippen molar-refractivity contribution in [2.45, 2.75) is 6.36 Å². The van der Waals surface area contributed by atoms with E-state index < -0.39 is 6.36 Å². The number of imidazole rings is 1. The highest BCUT2D eigenvalue weighted by molar-refractivity contribution is 5.82. The Hall–Kier alpha value is -4.52. The molecule has 0 aliphatic carbocycles. The lowest BCUT2D eigenvalue weighted by atomic mass is 10.0. The highest BCUT2D eigenvalue weighted by Gasteiger charge is 2.31. The highest BCUT2D eigenvalue weighted by Crippen LogP contribution is 2.35. The molecule has 4 nitrogen and oxygen atoms in total. The number of para-hydroxylation sites is 1. The maximum atomic E-state index is 14.0. The zero-order valence-corrected chi connectivity index (χ0v) is 18.3.